The highest BCUT2D eigenvalue weighted by atomic mass is 16.3. The Hall–Kier alpha value is -0.0400. The Kier molecular flexibility index (Phi) is 6.51. The lowest BCUT2D eigenvalue weighted by Crippen LogP contribution is -2.23. The van der Waals surface area contributed by atoms with E-state index in [1.807, 2.05) is 0 Å². The van der Waals surface area contributed by atoms with Gasteiger partial charge < -0.3 is 5.11 Å². The molecule has 0 bridgehead atoms. The third-order valence-electron chi connectivity index (χ3n) is 3.03. The van der Waals surface area contributed by atoms with Gasteiger partial charge in [0, 0.05) is 0 Å². The highest BCUT2D eigenvalue weighted by molar-refractivity contribution is 4.72. The van der Waals surface area contributed by atoms with Crippen LogP contribution in [0.1, 0.15) is 67.2 Å². The van der Waals surface area contributed by atoms with Crippen LogP contribution >= 0.6 is 0 Å². The van der Waals surface area contributed by atoms with Crippen molar-refractivity contribution in [3.8, 4) is 0 Å². The molecule has 0 amide bonds. The van der Waals surface area contributed by atoms with Gasteiger partial charge >= 0.3 is 0 Å². The molecule has 1 N–H and O–H groups in total. The summed E-state index contributed by atoms with van der Waals surface area (Å²) in [6.07, 6.45) is 4.22. The third kappa shape index (κ3) is 7.84. The Bertz CT molecular complexity index is 155. The van der Waals surface area contributed by atoms with Crippen LogP contribution in [0, 0.1) is 17.3 Å². The maximum atomic E-state index is 10.1. The molecule has 0 saturated carbocycles. The fraction of sp³-hybridized carbons (Fsp3) is 1.00. The maximum absolute atomic E-state index is 10.1. The molecule has 92 valence electrons. The molecule has 2 unspecified atom stereocenters. The van der Waals surface area contributed by atoms with E-state index in [0.29, 0.717) is 17.3 Å². The summed E-state index contributed by atoms with van der Waals surface area (Å²) >= 11 is 0. The molecule has 0 aliphatic carbocycles. The first kappa shape index (κ1) is 15.0. The first-order valence-electron chi connectivity index (χ1n) is 6.44. The molecule has 0 aromatic carbocycles. The van der Waals surface area contributed by atoms with Crippen LogP contribution < -0.4 is 0 Å². The Balaban J connectivity index is 3.99. The first-order chi connectivity index (χ1) is 6.76. The lowest BCUT2D eigenvalue weighted by atomic mass is 9.83. The van der Waals surface area contributed by atoms with Crippen molar-refractivity contribution in [1.82, 2.24) is 0 Å². The van der Waals surface area contributed by atoms with E-state index in [0.717, 1.165) is 25.7 Å². The van der Waals surface area contributed by atoms with Gasteiger partial charge in [0.25, 0.3) is 0 Å². The van der Waals surface area contributed by atoms with Crippen LogP contribution in [0.25, 0.3) is 0 Å². The highest BCUT2D eigenvalue weighted by Gasteiger charge is 2.20. The molecule has 0 radical (unpaired) electrons. The molecule has 0 heterocycles. The van der Waals surface area contributed by atoms with Gasteiger partial charge in [-0.2, -0.15) is 0 Å². The Labute approximate surface area is 96.3 Å². The fourth-order valence-electron chi connectivity index (χ4n) is 2.02. The van der Waals surface area contributed by atoms with Gasteiger partial charge in [-0.25, -0.2) is 0 Å². The summed E-state index contributed by atoms with van der Waals surface area (Å²) in [6.45, 7) is 13.4. The van der Waals surface area contributed by atoms with E-state index in [4.69, 9.17) is 0 Å². The number of hydrogen-bond donors (Lipinski definition) is 1. The second-order valence-corrected chi connectivity index (χ2v) is 6.46. The van der Waals surface area contributed by atoms with E-state index in [1.165, 1.54) is 0 Å². The minimum absolute atomic E-state index is 0.100. The predicted molar refractivity (Wildman–Crippen MR) is 67.9 cm³/mol. The van der Waals surface area contributed by atoms with Crippen molar-refractivity contribution >= 4 is 0 Å². The van der Waals surface area contributed by atoms with Gasteiger partial charge in [0.15, 0.2) is 0 Å². The van der Waals surface area contributed by atoms with E-state index >= 15 is 0 Å². The molecule has 0 aliphatic heterocycles. The summed E-state index contributed by atoms with van der Waals surface area (Å²) in [5.41, 5.74) is 0.344. The van der Waals surface area contributed by atoms with Crippen LogP contribution in [0.4, 0.5) is 0 Å². The SMILES string of the molecule is CCC(CC(C)C)C(O)CCC(C)(C)C. The standard InChI is InChI=1S/C14H30O/c1-7-12(10-11(2)3)13(15)8-9-14(4,5)6/h11-13,15H,7-10H2,1-6H3. The molecule has 0 aromatic heterocycles. The number of hydrogen-bond acceptors (Lipinski definition) is 1. The van der Waals surface area contributed by atoms with Crippen LogP contribution in [0.3, 0.4) is 0 Å². The van der Waals surface area contributed by atoms with E-state index < -0.39 is 0 Å². The van der Waals surface area contributed by atoms with Gasteiger partial charge in [0.05, 0.1) is 6.10 Å². The molecular weight excluding hydrogens is 184 g/mol. The summed E-state index contributed by atoms with van der Waals surface area (Å²) in [4.78, 5) is 0. The minimum atomic E-state index is -0.100. The van der Waals surface area contributed by atoms with Gasteiger partial charge in [-0.05, 0) is 36.5 Å². The zero-order valence-electron chi connectivity index (χ0n) is 11.5. The third-order valence-corrected chi connectivity index (χ3v) is 3.03. The molecule has 15 heavy (non-hydrogen) atoms. The molecule has 1 nitrogen and oxygen atoms in total. The molecular formula is C14H30O. The van der Waals surface area contributed by atoms with E-state index in [-0.39, 0.29) is 6.10 Å². The van der Waals surface area contributed by atoms with E-state index in [1.54, 1.807) is 0 Å². The lowest BCUT2D eigenvalue weighted by molar-refractivity contribution is 0.0732. The minimum Gasteiger partial charge on any atom is -0.393 e. The Morgan fingerprint density at radius 1 is 1.13 bits per heavy atom. The number of rotatable bonds is 6. The Morgan fingerprint density at radius 3 is 2.00 bits per heavy atom. The molecule has 0 aliphatic rings. The smallest absolute Gasteiger partial charge is 0.0568 e. The molecule has 0 aromatic rings. The normalized spacial score (nSPS) is 16.8. The van der Waals surface area contributed by atoms with Crippen molar-refractivity contribution in [3.05, 3.63) is 0 Å². The van der Waals surface area contributed by atoms with Crippen LogP contribution in [0.5, 0.6) is 0 Å². The zero-order chi connectivity index (χ0) is 12.1. The number of aliphatic hydroxyl groups excluding tert-OH is 1. The van der Waals surface area contributed by atoms with E-state index in [9.17, 15) is 5.11 Å². The van der Waals surface area contributed by atoms with Crippen molar-refractivity contribution in [1.29, 1.82) is 0 Å². The highest BCUT2D eigenvalue weighted by Crippen LogP contribution is 2.27. The summed E-state index contributed by atoms with van der Waals surface area (Å²) in [7, 11) is 0. The molecule has 2 atom stereocenters. The second-order valence-electron chi connectivity index (χ2n) is 6.46. The number of aliphatic hydroxyl groups is 1. The second kappa shape index (κ2) is 6.52. The summed E-state index contributed by atoms with van der Waals surface area (Å²) in [6, 6.07) is 0. The predicted octanol–water partition coefficient (Wildman–Crippen LogP) is 4.25. The Morgan fingerprint density at radius 2 is 1.67 bits per heavy atom. The lowest BCUT2D eigenvalue weighted by Gasteiger charge is -2.26. The monoisotopic (exact) mass is 214 g/mol. The van der Waals surface area contributed by atoms with Gasteiger partial charge in [-0.1, -0.05) is 48.0 Å². The molecule has 1 heteroatoms. The van der Waals surface area contributed by atoms with Crippen molar-refractivity contribution in [2.75, 3.05) is 0 Å². The fourth-order valence-corrected chi connectivity index (χ4v) is 2.02. The van der Waals surface area contributed by atoms with Crippen molar-refractivity contribution < 1.29 is 5.11 Å². The van der Waals surface area contributed by atoms with E-state index in [2.05, 4.69) is 41.5 Å². The zero-order valence-corrected chi connectivity index (χ0v) is 11.5. The molecule has 0 fully saturated rings. The topological polar surface area (TPSA) is 20.2 Å². The average molecular weight is 214 g/mol. The largest absolute Gasteiger partial charge is 0.393 e. The molecule has 0 rings (SSSR count). The van der Waals surface area contributed by atoms with Crippen LogP contribution in [0.2, 0.25) is 0 Å². The van der Waals surface area contributed by atoms with Crippen LogP contribution in [0.15, 0.2) is 0 Å². The van der Waals surface area contributed by atoms with Crippen LogP contribution in [-0.4, -0.2) is 11.2 Å². The van der Waals surface area contributed by atoms with Gasteiger partial charge in [-0.15, -0.1) is 0 Å². The maximum Gasteiger partial charge on any atom is 0.0568 e. The van der Waals surface area contributed by atoms with Gasteiger partial charge in [-0.3, -0.25) is 0 Å². The van der Waals surface area contributed by atoms with Crippen molar-refractivity contribution in [2.45, 2.75) is 73.3 Å². The van der Waals surface area contributed by atoms with Crippen molar-refractivity contribution in [2.24, 2.45) is 17.3 Å². The molecule has 0 saturated heterocycles. The summed E-state index contributed by atoms with van der Waals surface area (Å²) in [5, 5.41) is 10.1. The first-order valence-corrected chi connectivity index (χ1v) is 6.44. The van der Waals surface area contributed by atoms with Crippen molar-refractivity contribution in [3.63, 3.8) is 0 Å². The summed E-state index contributed by atoms with van der Waals surface area (Å²) < 4.78 is 0. The quantitative estimate of drug-likeness (QED) is 0.701. The van der Waals surface area contributed by atoms with Crippen LogP contribution in [-0.2, 0) is 0 Å². The average Bonchev–Trinajstić information content (AvgIpc) is 2.08. The molecule has 0 spiro atoms. The van der Waals surface area contributed by atoms with Gasteiger partial charge in [0.1, 0.15) is 0 Å². The summed E-state index contributed by atoms with van der Waals surface area (Å²) in [5.74, 6) is 1.19. The van der Waals surface area contributed by atoms with Gasteiger partial charge in [0.2, 0.25) is 0 Å².